The van der Waals surface area contributed by atoms with Crippen molar-refractivity contribution in [3.05, 3.63) is 46.6 Å². The first-order valence-corrected chi connectivity index (χ1v) is 4.42. The molecule has 0 bridgehead atoms. The lowest BCUT2D eigenvalue weighted by atomic mass is 10.3. The van der Waals surface area contributed by atoms with Gasteiger partial charge in [0.15, 0.2) is 0 Å². The maximum absolute atomic E-state index is 11.8. The van der Waals surface area contributed by atoms with Crippen LogP contribution in [0.25, 0.3) is 5.52 Å². The number of nitrogens with two attached hydrogens (primary N) is 1. The minimum atomic E-state index is -0.560. The highest BCUT2D eigenvalue weighted by Crippen LogP contribution is 1.98. The average Bonchev–Trinajstić information content (AvgIpc) is 2.22. The van der Waals surface area contributed by atoms with Gasteiger partial charge in [0, 0.05) is 6.20 Å². The van der Waals surface area contributed by atoms with E-state index in [2.05, 4.69) is 4.98 Å². The minimum absolute atomic E-state index is 0.128. The molecule has 0 fully saturated rings. The van der Waals surface area contributed by atoms with Crippen molar-refractivity contribution >= 4 is 11.4 Å². The summed E-state index contributed by atoms with van der Waals surface area (Å²) in [6.07, 6.45) is 3.04. The number of pyridine rings is 1. The minimum Gasteiger partial charge on any atom is -0.369 e. The first kappa shape index (κ1) is 9.39. The lowest BCUT2D eigenvalue weighted by molar-refractivity contribution is -0.117. The lowest BCUT2D eigenvalue weighted by Crippen LogP contribution is -2.25. The van der Waals surface area contributed by atoms with Gasteiger partial charge in [0.05, 0.1) is 18.1 Å². The summed E-state index contributed by atoms with van der Waals surface area (Å²) in [7, 11) is 0. The Morgan fingerprint density at radius 2 is 2.27 bits per heavy atom. The van der Waals surface area contributed by atoms with Crippen LogP contribution in [0, 0.1) is 0 Å². The zero-order chi connectivity index (χ0) is 10.8. The molecular formula is C10H9N3O2. The summed E-state index contributed by atoms with van der Waals surface area (Å²) >= 11 is 0. The Bertz CT molecular complexity index is 574. The lowest BCUT2D eigenvalue weighted by Gasteiger charge is -2.01. The molecule has 0 aliphatic heterocycles. The van der Waals surface area contributed by atoms with Gasteiger partial charge in [0.25, 0.3) is 5.56 Å². The van der Waals surface area contributed by atoms with Crippen LogP contribution in [0.15, 0.2) is 35.4 Å². The first-order chi connectivity index (χ1) is 7.18. The molecule has 0 aromatic carbocycles. The molecule has 1 amide bonds. The number of carbonyl (C=O) groups is 1. The van der Waals surface area contributed by atoms with Crippen LogP contribution in [0.1, 0.15) is 5.69 Å². The van der Waals surface area contributed by atoms with Gasteiger partial charge in [-0.15, -0.1) is 0 Å². The molecule has 0 aliphatic carbocycles. The number of primary amides is 1. The summed E-state index contributed by atoms with van der Waals surface area (Å²) in [5.74, 6) is -0.560. The smallest absolute Gasteiger partial charge is 0.277 e. The van der Waals surface area contributed by atoms with Crippen LogP contribution in [0.2, 0.25) is 0 Å². The second kappa shape index (κ2) is 3.53. The maximum Gasteiger partial charge on any atom is 0.277 e. The zero-order valence-electron chi connectivity index (χ0n) is 7.88. The Kier molecular flexibility index (Phi) is 2.21. The molecule has 2 rings (SSSR count). The predicted octanol–water partition coefficient (Wildman–Crippen LogP) is -0.278. The summed E-state index contributed by atoms with van der Waals surface area (Å²) < 4.78 is 1.44. The van der Waals surface area contributed by atoms with E-state index in [0.29, 0.717) is 5.52 Å². The van der Waals surface area contributed by atoms with Crippen LogP contribution in [0.3, 0.4) is 0 Å². The third-order valence-electron chi connectivity index (χ3n) is 2.05. The SMILES string of the molecule is NC(=O)Cc1ncc2ccccn2c1=O. The van der Waals surface area contributed by atoms with E-state index in [1.807, 2.05) is 6.07 Å². The van der Waals surface area contributed by atoms with Gasteiger partial charge >= 0.3 is 0 Å². The number of nitrogens with zero attached hydrogens (tertiary/aromatic N) is 2. The summed E-state index contributed by atoms with van der Waals surface area (Å²) in [4.78, 5) is 26.4. The summed E-state index contributed by atoms with van der Waals surface area (Å²) in [5, 5.41) is 0. The van der Waals surface area contributed by atoms with Crippen LogP contribution in [0.5, 0.6) is 0 Å². The van der Waals surface area contributed by atoms with Crippen LogP contribution in [0.4, 0.5) is 0 Å². The van der Waals surface area contributed by atoms with Gasteiger partial charge in [0.2, 0.25) is 5.91 Å². The Morgan fingerprint density at radius 3 is 3.00 bits per heavy atom. The second-order valence-electron chi connectivity index (χ2n) is 3.15. The molecule has 2 N–H and O–H groups in total. The summed E-state index contributed by atoms with van der Waals surface area (Å²) in [6, 6.07) is 5.31. The van der Waals surface area contributed by atoms with Gasteiger partial charge in [-0.1, -0.05) is 6.07 Å². The van der Waals surface area contributed by atoms with Crippen LogP contribution >= 0.6 is 0 Å². The largest absolute Gasteiger partial charge is 0.369 e. The third kappa shape index (κ3) is 1.71. The molecule has 15 heavy (non-hydrogen) atoms. The van der Waals surface area contributed by atoms with E-state index in [1.165, 1.54) is 4.40 Å². The van der Waals surface area contributed by atoms with Crippen molar-refractivity contribution in [1.82, 2.24) is 9.38 Å². The topological polar surface area (TPSA) is 77.5 Å². The predicted molar refractivity (Wildman–Crippen MR) is 54.4 cm³/mol. The van der Waals surface area contributed by atoms with E-state index in [9.17, 15) is 9.59 Å². The Labute approximate surface area is 85.2 Å². The van der Waals surface area contributed by atoms with Gasteiger partial charge in [-0.05, 0) is 12.1 Å². The highest BCUT2D eigenvalue weighted by Gasteiger charge is 2.07. The van der Waals surface area contributed by atoms with Gasteiger partial charge in [0.1, 0.15) is 5.69 Å². The van der Waals surface area contributed by atoms with Gasteiger partial charge in [-0.25, -0.2) is 0 Å². The third-order valence-corrected chi connectivity index (χ3v) is 2.05. The molecule has 0 aliphatic rings. The number of fused-ring (bicyclic) bond motifs is 1. The number of hydrogen-bond donors (Lipinski definition) is 1. The molecule has 0 unspecified atom stereocenters. The highest BCUT2D eigenvalue weighted by atomic mass is 16.1. The Morgan fingerprint density at radius 1 is 1.47 bits per heavy atom. The first-order valence-electron chi connectivity index (χ1n) is 4.42. The fraction of sp³-hybridized carbons (Fsp3) is 0.100. The molecule has 0 radical (unpaired) electrons. The number of aromatic nitrogens is 2. The van der Waals surface area contributed by atoms with E-state index in [-0.39, 0.29) is 17.7 Å². The van der Waals surface area contributed by atoms with Gasteiger partial charge in [-0.3, -0.25) is 19.0 Å². The van der Waals surface area contributed by atoms with Crippen LogP contribution in [-0.2, 0) is 11.2 Å². The number of amides is 1. The molecule has 0 saturated heterocycles. The zero-order valence-corrected chi connectivity index (χ0v) is 7.88. The standard InChI is InChI=1S/C10H9N3O2/c11-9(14)5-8-10(15)13-4-2-1-3-7(13)6-12-8/h1-4,6H,5H2,(H2,11,14). The molecule has 76 valence electrons. The highest BCUT2D eigenvalue weighted by molar-refractivity contribution is 5.76. The van der Waals surface area contributed by atoms with Gasteiger partial charge in [-0.2, -0.15) is 0 Å². The van der Waals surface area contributed by atoms with Crippen molar-refractivity contribution in [3.63, 3.8) is 0 Å². The van der Waals surface area contributed by atoms with Crippen molar-refractivity contribution in [2.75, 3.05) is 0 Å². The molecule has 2 aromatic heterocycles. The second-order valence-corrected chi connectivity index (χ2v) is 3.15. The molecule has 2 aromatic rings. The molecule has 2 heterocycles. The fourth-order valence-corrected chi connectivity index (χ4v) is 1.37. The normalized spacial score (nSPS) is 10.4. The molecular weight excluding hydrogens is 194 g/mol. The Hall–Kier alpha value is -2.17. The maximum atomic E-state index is 11.8. The van der Waals surface area contributed by atoms with Crippen LogP contribution in [-0.4, -0.2) is 15.3 Å². The van der Waals surface area contributed by atoms with E-state index in [1.54, 1.807) is 24.5 Å². The molecule has 0 atom stereocenters. The van der Waals surface area contributed by atoms with Crippen molar-refractivity contribution in [2.45, 2.75) is 6.42 Å². The van der Waals surface area contributed by atoms with Crippen molar-refractivity contribution in [3.8, 4) is 0 Å². The fourth-order valence-electron chi connectivity index (χ4n) is 1.37. The van der Waals surface area contributed by atoms with E-state index < -0.39 is 5.91 Å². The molecule has 5 nitrogen and oxygen atoms in total. The molecule has 0 saturated carbocycles. The summed E-state index contributed by atoms with van der Waals surface area (Å²) in [5.41, 5.74) is 5.57. The van der Waals surface area contributed by atoms with Gasteiger partial charge < -0.3 is 5.73 Å². The quantitative estimate of drug-likeness (QED) is 0.729. The van der Waals surface area contributed by atoms with E-state index in [0.717, 1.165) is 0 Å². The van der Waals surface area contributed by atoms with Crippen LogP contribution < -0.4 is 11.3 Å². The molecule has 0 spiro atoms. The summed E-state index contributed by atoms with van der Waals surface area (Å²) in [6.45, 7) is 0. The Balaban J connectivity index is 2.65. The number of hydrogen-bond acceptors (Lipinski definition) is 3. The van der Waals surface area contributed by atoms with Crippen molar-refractivity contribution in [1.29, 1.82) is 0 Å². The van der Waals surface area contributed by atoms with Crippen molar-refractivity contribution < 1.29 is 4.79 Å². The monoisotopic (exact) mass is 203 g/mol. The van der Waals surface area contributed by atoms with Crippen molar-refractivity contribution in [2.24, 2.45) is 5.73 Å². The van der Waals surface area contributed by atoms with E-state index >= 15 is 0 Å². The number of rotatable bonds is 2. The van der Waals surface area contributed by atoms with E-state index in [4.69, 9.17) is 5.73 Å². The number of carbonyl (C=O) groups excluding carboxylic acids is 1. The average molecular weight is 203 g/mol. The molecule has 5 heteroatoms.